The number of hydrogen-bond donors (Lipinski definition) is 2. The minimum Gasteiger partial charge on any atom is -0.497 e. The average molecular weight is 327 g/mol. The Balaban J connectivity index is 2.38. The van der Waals surface area contributed by atoms with Crippen molar-refractivity contribution in [1.29, 1.82) is 0 Å². The highest BCUT2D eigenvalue weighted by Gasteiger charge is 2.21. The summed E-state index contributed by atoms with van der Waals surface area (Å²) in [5.41, 5.74) is 0.242. The molecule has 0 saturated carbocycles. The van der Waals surface area contributed by atoms with Crippen LogP contribution < -0.4 is 10.1 Å². The summed E-state index contributed by atoms with van der Waals surface area (Å²) >= 11 is 7.01. The van der Waals surface area contributed by atoms with Crippen molar-refractivity contribution in [3.63, 3.8) is 0 Å². The van der Waals surface area contributed by atoms with Gasteiger partial charge in [-0.05, 0) is 12.1 Å². The number of benzene rings is 1. The number of hydrogen-bond acceptors (Lipinski definition) is 6. The van der Waals surface area contributed by atoms with E-state index >= 15 is 0 Å². The SMILES string of the molecule is COc1ccc(Cl)c(Nc2nc(C(=O)O)c(C(C)=O)s2)c1. The average Bonchev–Trinajstić information content (AvgIpc) is 2.85. The van der Waals surface area contributed by atoms with E-state index in [0.29, 0.717) is 16.5 Å². The van der Waals surface area contributed by atoms with Gasteiger partial charge in [0, 0.05) is 13.0 Å². The van der Waals surface area contributed by atoms with Crippen LogP contribution in [0.4, 0.5) is 10.8 Å². The fourth-order valence-corrected chi connectivity index (χ4v) is 2.63. The number of anilines is 2. The van der Waals surface area contributed by atoms with Crippen LogP contribution in [0.3, 0.4) is 0 Å². The largest absolute Gasteiger partial charge is 0.497 e. The molecule has 0 aliphatic rings. The molecular weight excluding hydrogens is 316 g/mol. The Bertz CT molecular complexity index is 683. The van der Waals surface area contributed by atoms with Crippen LogP contribution in [0.5, 0.6) is 5.75 Å². The highest BCUT2D eigenvalue weighted by atomic mass is 35.5. The number of Topliss-reactive ketones (excluding diaryl/α,β-unsaturated/α-hetero) is 1. The van der Waals surface area contributed by atoms with Crippen LogP contribution in [-0.4, -0.2) is 29.0 Å². The third kappa shape index (κ3) is 3.32. The lowest BCUT2D eigenvalue weighted by Crippen LogP contribution is -2.03. The second kappa shape index (κ2) is 6.11. The third-order valence-electron chi connectivity index (χ3n) is 2.56. The zero-order chi connectivity index (χ0) is 15.6. The first-order chi connectivity index (χ1) is 9.92. The van der Waals surface area contributed by atoms with Gasteiger partial charge in [0.1, 0.15) is 10.6 Å². The fourth-order valence-electron chi connectivity index (χ4n) is 1.60. The molecule has 1 aromatic heterocycles. The van der Waals surface area contributed by atoms with E-state index in [0.717, 1.165) is 11.3 Å². The summed E-state index contributed by atoms with van der Waals surface area (Å²) in [4.78, 5) is 26.5. The molecule has 2 N–H and O–H groups in total. The Morgan fingerprint density at radius 1 is 1.43 bits per heavy atom. The van der Waals surface area contributed by atoms with Crippen LogP contribution in [0.25, 0.3) is 0 Å². The topological polar surface area (TPSA) is 88.5 Å². The molecule has 1 aromatic carbocycles. The van der Waals surface area contributed by atoms with Crippen LogP contribution in [0.1, 0.15) is 27.1 Å². The number of carboxylic acids is 1. The number of nitrogens with zero attached hydrogens (tertiary/aromatic N) is 1. The Labute approximate surface area is 129 Å². The summed E-state index contributed by atoms with van der Waals surface area (Å²) in [5, 5.41) is 12.6. The zero-order valence-corrected chi connectivity index (χ0v) is 12.7. The smallest absolute Gasteiger partial charge is 0.356 e. The predicted molar refractivity (Wildman–Crippen MR) is 80.4 cm³/mol. The summed E-state index contributed by atoms with van der Waals surface area (Å²) in [6.45, 7) is 1.29. The molecule has 0 unspecified atom stereocenters. The summed E-state index contributed by atoms with van der Waals surface area (Å²) in [6.07, 6.45) is 0. The molecule has 21 heavy (non-hydrogen) atoms. The van der Waals surface area contributed by atoms with Crippen LogP contribution in [0, 0.1) is 0 Å². The van der Waals surface area contributed by atoms with Crippen LogP contribution in [0.15, 0.2) is 18.2 Å². The fraction of sp³-hybridized carbons (Fsp3) is 0.154. The molecule has 0 spiro atoms. The second-order valence-corrected chi connectivity index (χ2v) is 5.44. The number of carbonyl (C=O) groups excluding carboxylic acids is 1. The quantitative estimate of drug-likeness (QED) is 0.818. The van der Waals surface area contributed by atoms with Crippen molar-refractivity contribution in [2.45, 2.75) is 6.92 Å². The highest BCUT2D eigenvalue weighted by Crippen LogP contribution is 2.32. The van der Waals surface area contributed by atoms with Gasteiger partial charge in [-0.1, -0.05) is 22.9 Å². The highest BCUT2D eigenvalue weighted by molar-refractivity contribution is 7.17. The monoisotopic (exact) mass is 326 g/mol. The normalized spacial score (nSPS) is 10.2. The van der Waals surface area contributed by atoms with E-state index in [1.54, 1.807) is 18.2 Å². The minimum absolute atomic E-state index is 0.0871. The molecule has 0 bridgehead atoms. The molecular formula is C13H11ClN2O4S. The predicted octanol–water partition coefficient (Wildman–Crippen LogP) is 3.45. The number of nitrogens with one attached hydrogen (secondary N) is 1. The van der Waals surface area contributed by atoms with E-state index in [-0.39, 0.29) is 21.5 Å². The number of methoxy groups -OCH3 is 1. The van der Waals surface area contributed by atoms with Gasteiger partial charge in [0.2, 0.25) is 0 Å². The number of aromatic carboxylic acids is 1. The molecule has 0 saturated heterocycles. The Morgan fingerprint density at radius 3 is 2.67 bits per heavy atom. The van der Waals surface area contributed by atoms with Gasteiger partial charge >= 0.3 is 5.97 Å². The minimum atomic E-state index is -1.25. The maximum Gasteiger partial charge on any atom is 0.356 e. The summed E-state index contributed by atoms with van der Waals surface area (Å²) in [6, 6.07) is 4.98. The molecule has 6 nitrogen and oxygen atoms in total. The van der Waals surface area contributed by atoms with Crippen molar-refractivity contribution < 1.29 is 19.4 Å². The van der Waals surface area contributed by atoms with Gasteiger partial charge in [-0.15, -0.1) is 0 Å². The molecule has 0 aliphatic carbocycles. The summed E-state index contributed by atoms with van der Waals surface area (Å²) in [7, 11) is 1.52. The van der Waals surface area contributed by atoms with Crippen LogP contribution in [0.2, 0.25) is 5.02 Å². The first kappa shape index (κ1) is 15.3. The summed E-state index contributed by atoms with van der Waals surface area (Å²) < 4.78 is 5.09. The van der Waals surface area contributed by atoms with E-state index < -0.39 is 5.97 Å². The molecule has 8 heteroatoms. The van der Waals surface area contributed by atoms with Crippen molar-refractivity contribution in [2.75, 3.05) is 12.4 Å². The van der Waals surface area contributed by atoms with E-state index in [1.165, 1.54) is 14.0 Å². The lowest BCUT2D eigenvalue weighted by atomic mass is 10.3. The Kier molecular flexibility index (Phi) is 4.44. The number of carboxylic acid groups (broad SMARTS) is 1. The molecule has 110 valence electrons. The zero-order valence-electron chi connectivity index (χ0n) is 11.1. The van der Waals surface area contributed by atoms with Gasteiger partial charge in [-0.3, -0.25) is 4.79 Å². The molecule has 0 fully saturated rings. The van der Waals surface area contributed by atoms with E-state index in [1.807, 2.05) is 0 Å². The van der Waals surface area contributed by atoms with Crippen LogP contribution >= 0.6 is 22.9 Å². The number of ether oxygens (including phenoxy) is 1. The van der Waals surface area contributed by atoms with Crippen molar-refractivity contribution >= 4 is 45.5 Å². The lowest BCUT2D eigenvalue weighted by Gasteiger charge is -2.07. The van der Waals surface area contributed by atoms with E-state index in [2.05, 4.69) is 10.3 Å². The van der Waals surface area contributed by atoms with Gasteiger partial charge < -0.3 is 15.2 Å². The summed E-state index contributed by atoms with van der Waals surface area (Å²) in [5.74, 6) is -1.01. The van der Waals surface area contributed by atoms with Gasteiger partial charge in [0.05, 0.1) is 17.8 Å². The van der Waals surface area contributed by atoms with Crippen molar-refractivity contribution in [3.05, 3.63) is 33.8 Å². The van der Waals surface area contributed by atoms with Gasteiger partial charge in [0.15, 0.2) is 16.6 Å². The first-order valence-corrected chi connectivity index (χ1v) is 6.97. The Morgan fingerprint density at radius 2 is 2.14 bits per heavy atom. The maximum absolute atomic E-state index is 11.4. The standard InChI is InChI=1S/C13H11ClN2O4S/c1-6(17)11-10(12(18)19)16-13(21-11)15-9-5-7(20-2)3-4-8(9)14/h3-5H,1-2H3,(H,15,16)(H,18,19). The lowest BCUT2D eigenvalue weighted by molar-refractivity contribution is 0.0687. The molecule has 0 atom stereocenters. The molecule has 0 amide bonds. The molecule has 2 aromatic rings. The third-order valence-corrected chi connectivity index (χ3v) is 3.97. The Hall–Kier alpha value is -2.12. The van der Waals surface area contributed by atoms with Gasteiger partial charge in [-0.25, -0.2) is 9.78 Å². The number of thiazole rings is 1. The second-order valence-electron chi connectivity index (χ2n) is 4.03. The number of ketones is 1. The molecule has 0 aliphatic heterocycles. The van der Waals surface area contributed by atoms with Gasteiger partial charge in [0.25, 0.3) is 0 Å². The van der Waals surface area contributed by atoms with Crippen LogP contribution in [-0.2, 0) is 0 Å². The van der Waals surface area contributed by atoms with Gasteiger partial charge in [-0.2, -0.15) is 0 Å². The maximum atomic E-state index is 11.4. The number of carbonyl (C=O) groups is 2. The van der Waals surface area contributed by atoms with Crippen molar-refractivity contribution in [3.8, 4) is 5.75 Å². The van der Waals surface area contributed by atoms with E-state index in [9.17, 15) is 9.59 Å². The molecule has 1 heterocycles. The number of halogens is 1. The molecule has 0 radical (unpaired) electrons. The first-order valence-electron chi connectivity index (χ1n) is 5.78. The van der Waals surface area contributed by atoms with Crippen molar-refractivity contribution in [2.24, 2.45) is 0 Å². The molecule has 2 rings (SSSR count). The van der Waals surface area contributed by atoms with Crippen molar-refractivity contribution in [1.82, 2.24) is 4.98 Å². The number of rotatable bonds is 5. The number of aromatic nitrogens is 1. The van der Waals surface area contributed by atoms with E-state index in [4.69, 9.17) is 21.4 Å².